The Labute approximate surface area is 389 Å². The third-order valence-corrected chi connectivity index (χ3v) is 13.1. The fourth-order valence-electron chi connectivity index (χ4n) is 9.70. The van der Waals surface area contributed by atoms with Crippen LogP contribution in [0, 0.1) is 29.3 Å². The zero-order valence-corrected chi connectivity index (χ0v) is 38.4. The van der Waals surface area contributed by atoms with Gasteiger partial charge in [-0.05, 0) is 80.0 Å². The van der Waals surface area contributed by atoms with Crippen LogP contribution in [0.15, 0.2) is 67.0 Å². The summed E-state index contributed by atoms with van der Waals surface area (Å²) in [6, 6.07) is 11.2. The number of H-pyrrole nitrogens is 2. The second kappa shape index (κ2) is 18.4. The normalized spacial score (nSPS) is 18.6. The largest absolute Gasteiger partial charge is 0.465 e. The molecule has 4 amide bonds. The minimum absolute atomic E-state index is 0.0252. The zero-order chi connectivity index (χ0) is 48.1. The standard InChI is InChI=1S/C49H52F3N9O7/c1-24(2)41(57-48(64)66-5)45(62)59-15-7-9-36(59)43-53-22-33(55-43)26-11-14-35-28(17-26)19-38-40-32(52)18-27(20-39(40)68-47(61(35)38)30-13-12-29(50)21-31(30)51)34-23-54-44(56-34)37-10-8-16-60(37)46(63)42(25(3)4)58-49(65)67-6/h11-14,17-25,36-37,41-42,47H,7-10,15-16H2,1-6H3,(H,53,55)(H,54,56)(H,57,64)(H,58,65)/t36-,37-,41-,42-,47?/m0/s1. The number of likely N-dealkylation sites (tertiary alicyclic amines) is 2. The fraction of sp³-hybridized carbons (Fsp3) is 0.388. The SMILES string of the molecule is COC(=O)N[C@H](C(=O)N1CCC[C@H]1c1ncc(-c2cc(F)c3c(c2)OC(c2ccc(F)cc2F)n2c-3cc3cc(-c4cnc([C@@H]5CCCN5C(=O)[C@@H](NC(=O)OC)C(C)C)[nH]4)ccc32)[nH]1)C(C)C. The number of fused-ring (bicyclic) bond motifs is 5. The van der Waals surface area contributed by atoms with Crippen LogP contribution in [0.5, 0.6) is 5.75 Å². The van der Waals surface area contributed by atoms with Crippen molar-refractivity contribution in [2.24, 2.45) is 11.8 Å². The molecule has 16 nitrogen and oxygen atoms in total. The van der Waals surface area contributed by atoms with E-state index in [4.69, 9.17) is 14.2 Å². The molecule has 1 unspecified atom stereocenters. The second-order valence-electron chi connectivity index (χ2n) is 18.1. The molecular formula is C49H52F3N9O7. The summed E-state index contributed by atoms with van der Waals surface area (Å²) in [7, 11) is 2.49. The maximum atomic E-state index is 16.8. The Bertz CT molecular complexity index is 2930. The van der Waals surface area contributed by atoms with Gasteiger partial charge in [-0.3, -0.25) is 9.59 Å². The number of alkyl carbamates (subject to hydrolysis) is 2. The fourth-order valence-corrected chi connectivity index (χ4v) is 9.70. The van der Waals surface area contributed by atoms with Gasteiger partial charge in [-0.2, -0.15) is 0 Å². The third kappa shape index (κ3) is 8.38. The van der Waals surface area contributed by atoms with E-state index in [0.717, 1.165) is 24.1 Å². The lowest BCUT2D eigenvalue weighted by Gasteiger charge is -2.31. The number of methoxy groups -OCH3 is 2. The minimum atomic E-state index is -1.17. The predicted octanol–water partition coefficient (Wildman–Crippen LogP) is 8.53. The Morgan fingerprint density at radius 1 is 0.721 bits per heavy atom. The molecule has 2 fully saturated rings. The van der Waals surface area contributed by atoms with Gasteiger partial charge >= 0.3 is 12.2 Å². The number of hydrogen-bond donors (Lipinski definition) is 4. The quantitative estimate of drug-likeness (QED) is 0.0987. The Morgan fingerprint density at radius 3 is 1.84 bits per heavy atom. The first kappa shape index (κ1) is 45.8. The van der Waals surface area contributed by atoms with Gasteiger partial charge in [-0.25, -0.2) is 32.7 Å². The molecule has 3 aliphatic heterocycles. The molecule has 0 bridgehead atoms. The van der Waals surface area contributed by atoms with E-state index in [9.17, 15) is 23.6 Å². The van der Waals surface area contributed by atoms with Crippen LogP contribution >= 0.6 is 0 Å². The predicted molar refractivity (Wildman–Crippen MR) is 243 cm³/mol. The first-order valence-corrected chi connectivity index (χ1v) is 22.7. The van der Waals surface area contributed by atoms with Gasteiger partial charge in [0.25, 0.3) is 0 Å². The Hall–Kier alpha value is -7.31. The Kier molecular flexibility index (Phi) is 12.4. The van der Waals surface area contributed by atoms with Gasteiger partial charge < -0.3 is 49.2 Å². The van der Waals surface area contributed by atoms with Gasteiger partial charge in [0.1, 0.15) is 46.9 Å². The highest BCUT2D eigenvalue weighted by Gasteiger charge is 2.40. The van der Waals surface area contributed by atoms with Crippen LogP contribution in [0.25, 0.3) is 44.7 Å². The van der Waals surface area contributed by atoms with Crippen LogP contribution in [0.3, 0.4) is 0 Å². The van der Waals surface area contributed by atoms with Crippen molar-refractivity contribution in [2.75, 3.05) is 27.3 Å². The molecule has 19 heteroatoms. The molecule has 6 heterocycles. The Morgan fingerprint density at radius 2 is 1.29 bits per heavy atom. The summed E-state index contributed by atoms with van der Waals surface area (Å²) in [6.07, 6.45) is 3.39. The zero-order valence-electron chi connectivity index (χ0n) is 38.4. The van der Waals surface area contributed by atoms with Gasteiger partial charge in [-0.1, -0.05) is 33.8 Å². The van der Waals surface area contributed by atoms with Crippen molar-refractivity contribution in [3.05, 3.63) is 102 Å². The maximum absolute atomic E-state index is 16.8. The molecule has 0 radical (unpaired) electrons. The number of nitrogens with one attached hydrogen (secondary N) is 4. The monoisotopic (exact) mass is 935 g/mol. The van der Waals surface area contributed by atoms with Crippen LogP contribution in [-0.4, -0.2) is 97.7 Å². The van der Waals surface area contributed by atoms with E-state index in [1.54, 1.807) is 38.9 Å². The van der Waals surface area contributed by atoms with Gasteiger partial charge in [-0.15, -0.1) is 0 Å². The summed E-state index contributed by atoms with van der Waals surface area (Å²) in [5, 5.41) is 5.98. The van der Waals surface area contributed by atoms with Crippen molar-refractivity contribution in [2.45, 2.75) is 83.8 Å². The molecule has 0 aliphatic carbocycles. The summed E-state index contributed by atoms with van der Waals surface area (Å²) >= 11 is 0. The number of carbonyl (C=O) groups excluding carboxylic acids is 4. The van der Waals surface area contributed by atoms with Gasteiger partial charge in [0.05, 0.1) is 66.9 Å². The molecule has 3 aliphatic rings. The highest BCUT2D eigenvalue weighted by molar-refractivity contribution is 5.93. The number of rotatable bonds is 11. The van der Waals surface area contributed by atoms with E-state index in [1.165, 1.54) is 26.4 Å². The number of amides is 4. The number of benzene rings is 3. The molecule has 3 aromatic heterocycles. The molecule has 2 saturated heterocycles. The second-order valence-corrected chi connectivity index (χ2v) is 18.1. The van der Waals surface area contributed by atoms with Crippen LogP contribution in [0.2, 0.25) is 0 Å². The van der Waals surface area contributed by atoms with Crippen LogP contribution in [0.4, 0.5) is 22.8 Å². The summed E-state index contributed by atoms with van der Waals surface area (Å²) in [6.45, 7) is 8.31. The number of nitrogens with zero attached hydrogens (tertiary/aromatic N) is 5. The number of aromatic nitrogens is 5. The first-order valence-electron chi connectivity index (χ1n) is 22.7. The van der Waals surface area contributed by atoms with Gasteiger partial charge in [0, 0.05) is 41.2 Å². The average Bonchev–Trinajstić information content (AvgIpc) is 4.18. The Balaban J connectivity index is 1.04. The van der Waals surface area contributed by atoms with Gasteiger partial charge in [0.2, 0.25) is 18.0 Å². The van der Waals surface area contributed by atoms with Crippen LogP contribution < -0.4 is 15.4 Å². The van der Waals surface area contributed by atoms with E-state index < -0.39 is 54.0 Å². The number of carbonyl (C=O) groups is 4. The number of aromatic amines is 2. The lowest BCUT2D eigenvalue weighted by Crippen LogP contribution is -2.51. The topological polar surface area (TPSA) is 189 Å². The van der Waals surface area contributed by atoms with E-state index in [1.807, 2.05) is 45.9 Å². The van der Waals surface area contributed by atoms with E-state index >= 15 is 8.78 Å². The summed E-state index contributed by atoms with van der Waals surface area (Å²) in [5.41, 5.74) is 3.36. The molecule has 5 atom stereocenters. The first-order chi connectivity index (χ1) is 32.6. The number of halogens is 3. The highest BCUT2D eigenvalue weighted by Crippen LogP contribution is 2.48. The smallest absolute Gasteiger partial charge is 0.407 e. The molecule has 68 heavy (non-hydrogen) atoms. The third-order valence-electron chi connectivity index (χ3n) is 13.1. The van der Waals surface area contributed by atoms with Crippen molar-refractivity contribution in [1.82, 2.24) is 44.9 Å². The molecular weight excluding hydrogens is 884 g/mol. The van der Waals surface area contributed by atoms with Crippen molar-refractivity contribution >= 4 is 34.9 Å². The number of ether oxygens (including phenoxy) is 3. The maximum Gasteiger partial charge on any atom is 0.407 e. The molecule has 6 aromatic rings. The molecule has 3 aromatic carbocycles. The summed E-state index contributed by atoms with van der Waals surface area (Å²) in [5.74, 6) is -1.97. The van der Waals surface area contributed by atoms with Crippen molar-refractivity contribution in [1.29, 1.82) is 0 Å². The lowest BCUT2D eigenvalue weighted by atomic mass is 10.0. The molecule has 0 saturated carbocycles. The van der Waals surface area contributed by atoms with Gasteiger partial charge in [0.15, 0.2) is 0 Å². The summed E-state index contributed by atoms with van der Waals surface area (Å²) in [4.78, 5) is 71.1. The number of hydrogen-bond acceptors (Lipinski definition) is 9. The average molecular weight is 936 g/mol. The van der Waals surface area contributed by atoms with E-state index in [2.05, 4.69) is 30.6 Å². The number of imidazole rings is 2. The lowest BCUT2D eigenvalue weighted by molar-refractivity contribution is -0.136. The van der Waals surface area contributed by atoms with Crippen LogP contribution in [0.1, 0.15) is 88.9 Å². The molecule has 4 N–H and O–H groups in total. The molecule has 356 valence electrons. The van der Waals surface area contributed by atoms with Crippen LogP contribution in [-0.2, 0) is 19.1 Å². The van der Waals surface area contributed by atoms with E-state index in [-0.39, 0.29) is 46.6 Å². The minimum Gasteiger partial charge on any atom is -0.465 e. The summed E-state index contributed by atoms with van der Waals surface area (Å²) < 4.78 is 64.6. The highest BCUT2D eigenvalue weighted by atomic mass is 19.1. The van der Waals surface area contributed by atoms with E-state index in [0.29, 0.717) is 77.5 Å². The van der Waals surface area contributed by atoms with Crippen molar-refractivity contribution in [3.63, 3.8) is 0 Å². The molecule has 0 spiro atoms. The van der Waals surface area contributed by atoms with Crippen molar-refractivity contribution in [3.8, 4) is 39.5 Å². The van der Waals surface area contributed by atoms with Crippen molar-refractivity contribution < 1.29 is 46.6 Å². The molecule has 9 rings (SSSR count).